The van der Waals surface area contributed by atoms with Crippen LogP contribution in [-0.4, -0.2) is 34.3 Å². The zero-order chi connectivity index (χ0) is 14.0. The Kier molecular flexibility index (Phi) is 4.40. The van der Waals surface area contributed by atoms with E-state index in [1.165, 1.54) is 5.56 Å². The van der Waals surface area contributed by atoms with Crippen LogP contribution in [-0.2, 0) is 6.42 Å². The topological polar surface area (TPSA) is 49.2 Å². The van der Waals surface area contributed by atoms with E-state index in [0.29, 0.717) is 5.92 Å². The maximum absolute atomic E-state index is 9.41. The maximum Gasteiger partial charge on any atom is 0.226 e. The molecule has 0 radical (unpaired) electrons. The van der Waals surface area contributed by atoms with Crippen molar-refractivity contribution in [3.8, 4) is 0 Å². The number of aliphatic hydroxyl groups excluding tert-OH is 1. The van der Waals surface area contributed by atoms with Gasteiger partial charge < -0.3 is 10.0 Å². The number of hydrogen-bond acceptors (Lipinski definition) is 4. The fraction of sp³-hybridized carbons (Fsp3) is 0.733. The van der Waals surface area contributed by atoms with Gasteiger partial charge in [-0.15, -0.1) is 0 Å². The van der Waals surface area contributed by atoms with Gasteiger partial charge in [-0.05, 0) is 44.6 Å². The van der Waals surface area contributed by atoms with Crippen molar-refractivity contribution in [1.82, 2.24) is 9.97 Å². The first-order valence-electron chi connectivity index (χ1n) is 7.24. The van der Waals surface area contributed by atoms with Crippen molar-refractivity contribution in [1.29, 1.82) is 0 Å². The molecule has 1 fully saturated rings. The van der Waals surface area contributed by atoms with Gasteiger partial charge in [-0.25, -0.2) is 9.97 Å². The van der Waals surface area contributed by atoms with Crippen LogP contribution in [0.2, 0.25) is 0 Å². The maximum atomic E-state index is 9.41. The highest BCUT2D eigenvalue weighted by molar-refractivity contribution is 5.39. The molecule has 0 spiro atoms. The van der Waals surface area contributed by atoms with Crippen LogP contribution >= 0.6 is 0 Å². The molecule has 1 unspecified atom stereocenters. The molecule has 1 aliphatic rings. The first-order chi connectivity index (χ1) is 9.02. The van der Waals surface area contributed by atoms with E-state index in [9.17, 15) is 5.11 Å². The zero-order valence-corrected chi connectivity index (χ0v) is 12.5. The summed E-state index contributed by atoms with van der Waals surface area (Å²) >= 11 is 0. The molecule has 19 heavy (non-hydrogen) atoms. The van der Waals surface area contributed by atoms with E-state index in [1.807, 2.05) is 0 Å². The Labute approximate surface area is 115 Å². The molecular formula is C15H25N3O. The zero-order valence-electron chi connectivity index (χ0n) is 12.5. The van der Waals surface area contributed by atoms with Gasteiger partial charge in [0.15, 0.2) is 0 Å². The molecule has 1 atom stereocenters. The van der Waals surface area contributed by atoms with Crippen LogP contribution in [0.3, 0.4) is 0 Å². The minimum atomic E-state index is 0.190. The SMILES string of the molecule is Cc1nc(N2CCCC2CO)nc(C)c1CC(C)C. The molecule has 1 aromatic rings. The molecule has 4 heteroatoms. The number of aryl methyl sites for hydroxylation is 2. The molecule has 4 nitrogen and oxygen atoms in total. The van der Waals surface area contributed by atoms with E-state index in [0.717, 1.165) is 43.1 Å². The Hall–Kier alpha value is -1.16. The Morgan fingerprint density at radius 3 is 2.42 bits per heavy atom. The lowest BCUT2D eigenvalue weighted by molar-refractivity contribution is 0.265. The summed E-state index contributed by atoms with van der Waals surface area (Å²) in [6.07, 6.45) is 3.17. The van der Waals surface area contributed by atoms with Crippen molar-refractivity contribution in [2.45, 2.75) is 53.0 Å². The highest BCUT2D eigenvalue weighted by atomic mass is 16.3. The molecule has 0 aromatic carbocycles. The molecule has 0 saturated carbocycles. The van der Waals surface area contributed by atoms with Gasteiger partial charge in [0.05, 0.1) is 12.6 Å². The minimum absolute atomic E-state index is 0.190. The van der Waals surface area contributed by atoms with Crippen LogP contribution in [0.4, 0.5) is 5.95 Å². The van der Waals surface area contributed by atoms with E-state index < -0.39 is 0 Å². The molecule has 1 aromatic heterocycles. The van der Waals surface area contributed by atoms with Crippen molar-refractivity contribution in [3.05, 3.63) is 17.0 Å². The van der Waals surface area contributed by atoms with Crippen LogP contribution in [0, 0.1) is 19.8 Å². The van der Waals surface area contributed by atoms with Gasteiger partial charge >= 0.3 is 0 Å². The van der Waals surface area contributed by atoms with Gasteiger partial charge in [0, 0.05) is 17.9 Å². The lowest BCUT2D eigenvalue weighted by atomic mass is 10.0. The highest BCUT2D eigenvalue weighted by Crippen LogP contribution is 2.24. The third-order valence-corrected chi connectivity index (χ3v) is 3.87. The molecular weight excluding hydrogens is 238 g/mol. The normalized spacial score (nSPS) is 19.5. The Morgan fingerprint density at radius 2 is 1.89 bits per heavy atom. The summed E-state index contributed by atoms with van der Waals surface area (Å²) in [5, 5.41) is 9.41. The second-order valence-electron chi connectivity index (χ2n) is 5.94. The smallest absolute Gasteiger partial charge is 0.226 e. The number of hydrogen-bond donors (Lipinski definition) is 1. The van der Waals surface area contributed by atoms with Crippen molar-refractivity contribution in [2.75, 3.05) is 18.1 Å². The van der Waals surface area contributed by atoms with E-state index in [4.69, 9.17) is 0 Å². The van der Waals surface area contributed by atoms with Gasteiger partial charge in [0.25, 0.3) is 0 Å². The summed E-state index contributed by atoms with van der Waals surface area (Å²) in [5.41, 5.74) is 3.44. The van der Waals surface area contributed by atoms with Crippen LogP contribution < -0.4 is 4.90 Å². The molecule has 1 saturated heterocycles. The van der Waals surface area contributed by atoms with E-state index in [2.05, 4.69) is 42.6 Å². The molecule has 2 rings (SSSR count). The van der Waals surface area contributed by atoms with E-state index in [1.54, 1.807) is 0 Å². The van der Waals surface area contributed by atoms with Gasteiger partial charge in [0.1, 0.15) is 0 Å². The second kappa shape index (κ2) is 5.87. The summed E-state index contributed by atoms with van der Waals surface area (Å²) in [4.78, 5) is 11.5. The number of rotatable bonds is 4. The fourth-order valence-corrected chi connectivity index (χ4v) is 2.84. The van der Waals surface area contributed by atoms with Crippen molar-refractivity contribution in [3.63, 3.8) is 0 Å². The number of aromatic nitrogens is 2. The molecule has 106 valence electrons. The average Bonchev–Trinajstić information content (AvgIpc) is 2.81. The standard InChI is InChI=1S/C15H25N3O/c1-10(2)8-14-11(3)16-15(17-12(14)4)18-7-5-6-13(18)9-19/h10,13,19H,5-9H2,1-4H3. The van der Waals surface area contributed by atoms with E-state index in [-0.39, 0.29) is 12.6 Å². The highest BCUT2D eigenvalue weighted by Gasteiger charge is 2.26. The van der Waals surface area contributed by atoms with Gasteiger partial charge in [-0.3, -0.25) is 0 Å². The summed E-state index contributed by atoms with van der Waals surface area (Å²) < 4.78 is 0. The predicted octanol–water partition coefficient (Wildman–Crippen LogP) is 2.25. The summed E-state index contributed by atoms with van der Waals surface area (Å²) in [6, 6.07) is 0.190. The van der Waals surface area contributed by atoms with Crippen molar-refractivity contribution < 1.29 is 5.11 Å². The lowest BCUT2D eigenvalue weighted by Crippen LogP contribution is -2.34. The third-order valence-electron chi connectivity index (χ3n) is 3.87. The Morgan fingerprint density at radius 1 is 1.26 bits per heavy atom. The lowest BCUT2D eigenvalue weighted by Gasteiger charge is -2.24. The average molecular weight is 263 g/mol. The Balaban J connectivity index is 2.29. The quantitative estimate of drug-likeness (QED) is 0.905. The van der Waals surface area contributed by atoms with Crippen molar-refractivity contribution in [2.24, 2.45) is 5.92 Å². The molecule has 0 bridgehead atoms. The summed E-state index contributed by atoms with van der Waals surface area (Å²) in [6.45, 7) is 9.72. The first-order valence-corrected chi connectivity index (χ1v) is 7.24. The molecule has 1 N–H and O–H groups in total. The van der Waals surface area contributed by atoms with Crippen LogP contribution in [0.5, 0.6) is 0 Å². The van der Waals surface area contributed by atoms with Crippen LogP contribution in [0.15, 0.2) is 0 Å². The largest absolute Gasteiger partial charge is 0.394 e. The van der Waals surface area contributed by atoms with E-state index >= 15 is 0 Å². The Bertz CT molecular complexity index is 422. The monoisotopic (exact) mass is 263 g/mol. The van der Waals surface area contributed by atoms with Gasteiger partial charge in [-0.1, -0.05) is 13.8 Å². The predicted molar refractivity (Wildman–Crippen MR) is 77.5 cm³/mol. The molecule has 0 aliphatic carbocycles. The molecule has 2 heterocycles. The molecule has 1 aliphatic heterocycles. The number of anilines is 1. The summed E-state index contributed by atoms with van der Waals surface area (Å²) in [5.74, 6) is 1.41. The third kappa shape index (κ3) is 3.06. The summed E-state index contributed by atoms with van der Waals surface area (Å²) in [7, 11) is 0. The van der Waals surface area contributed by atoms with Gasteiger partial charge in [-0.2, -0.15) is 0 Å². The van der Waals surface area contributed by atoms with Crippen molar-refractivity contribution >= 4 is 5.95 Å². The van der Waals surface area contributed by atoms with Gasteiger partial charge in [0.2, 0.25) is 5.95 Å². The number of aliphatic hydroxyl groups is 1. The number of nitrogens with zero attached hydrogens (tertiary/aromatic N) is 3. The second-order valence-corrected chi connectivity index (χ2v) is 5.94. The molecule has 0 amide bonds. The first kappa shape index (κ1) is 14.3. The van der Waals surface area contributed by atoms with Crippen LogP contribution in [0.1, 0.15) is 43.6 Å². The minimum Gasteiger partial charge on any atom is -0.394 e. The fourth-order valence-electron chi connectivity index (χ4n) is 2.84. The van der Waals surface area contributed by atoms with Crippen LogP contribution in [0.25, 0.3) is 0 Å².